The molecule has 0 saturated carbocycles. The van der Waals surface area contributed by atoms with Crippen LogP contribution in [0.4, 0.5) is 0 Å². The van der Waals surface area contributed by atoms with Gasteiger partial charge < -0.3 is 19.2 Å². The number of aliphatic carboxylic acids is 1. The number of hydrogen-bond donors (Lipinski definition) is 1. The molecule has 0 amide bonds. The lowest BCUT2D eigenvalue weighted by Crippen LogP contribution is -2.41. The van der Waals surface area contributed by atoms with E-state index < -0.39 is 24.3 Å². The summed E-state index contributed by atoms with van der Waals surface area (Å²) in [4.78, 5) is 10.7. The van der Waals surface area contributed by atoms with Gasteiger partial charge in [0.25, 0.3) is 0 Å². The first kappa shape index (κ1) is 19.5. The molecule has 1 aliphatic heterocycles. The van der Waals surface area contributed by atoms with Crippen LogP contribution >= 0.6 is 0 Å². The number of benzene rings is 1. The molecule has 1 aromatic carbocycles. The normalized spacial score (nSPS) is 18.7. The Hall–Kier alpha value is -1.79. The molecule has 0 radical (unpaired) electrons. The molecule has 1 heterocycles. The Morgan fingerprint density at radius 2 is 1.88 bits per heavy atom. The maximum atomic E-state index is 10.7. The van der Waals surface area contributed by atoms with Gasteiger partial charge in [-0.3, -0.25) is 0 Å². The molecular weight excluding hydrogens is 319 g/mol. The fourth-order valence-corrected chi connectivity index (χ4v) is 2.44. The van der Waals surface area contributed by atoms with Crippen molar-refractivity contribution in [3.8, 4) is 5.75 Å². The maximum Gasteiger partial charge on any atom is 0.498 e. The SMILES string of the molecule is CCCCOc1cc(/C=C/C(=O)O)ccc1B1OC(C)(C)C(C)(C)O1. The summed E-state index contributed by atoms with van der Waals surface area (Å²) in [5, 5.41) is 8.80. The molecule has 0 aliphatic carbocycles. The quantitative estimate of drug-likeness (QED) is 0.466. The van der Waals surface area contributed by atoms with Crippen LogP contribution in [0.3, 0.4) is 0 Å². The minimum Gasteiger partial charge on any atom is -0.494 e. The van der Waals surface area contributed by atoms with Gasteiger partial charge in [-0.1, -0.05) is 25.5 Å². The van der Waals surface area contributed by atoms with Crippen molar-refractivity contribution in [1.29, 1.82) is 0 Å². The van der Waals surface area contributed by atoms with E-state index in [1.54, 1.807) is 6.08 Å². The van der Waals surface area contributed by atoms with E-state index in [9.17, 15) is 4.79 Å². The van der Waals surface area contributed by atoms with Gasteiger partial charge in [0, 0.05) is 11.5 Å². The molecule has 136 valence electrons. The first-order valence-corrected chi connectivity index (χ1v) is 8.69. The highest BCUT2D eigenvalue weighted by molar-refractivity contribution is 6.63. The molecule has 25 heavy (non-hydrogen) atoms. The fourth-order valence-electron chi connectivity index (χ4n) is 2.44. The van der Waals surface area contributed by atoms with Gasteiger partial charge >= 0.3 is 13.1 Å². The molecule has 1 N–H and O–H groups in total. The van der Waals surface area contributed by atoms with E-state index in [-0.39, 0.29) is 0 Å². The average molecular weight is 346 g/mol. The average Bonchev–Trinajstić information content (AvgIpc) is 2.73. The first-order chi connectivity index (χ1) is 11.7. The number of rotatable bonds is 7. The van der Waals surface area contributed by atoms with Gasteiger partial charge in [0.2, 0.25) is 0 Å². The first-order valence-electron chi connectivity index (χ1n) is 8.69. The summed E-state index contributed by atoms with van der Waals surface area (Å²) < 4.78 is 18.2. The Balaban J connectivity index is 2.31. The van der Waals surface area contributed by atoms with Crippen LogP contribution in [0.25, 0.3) is 6.08 Å². The topological polar surface area (TPSA) is 65.0 Å². The number of ether oxygens (including phenoxy) is 1. The van der Waals surface area contributed by atoms with Crippen molar-refractivity contribution in [2.75, 3.05) is 6.61 Å². The summed E-state index contributed by atoms with van der Waals surface area (Å²) in [6.07, 6.45) is 4.63. The van der Waals surface area contributed by atoms with Crippen LogP contribution in [0.5, 0.6) is 5.75 Å². The summed E-state index contributed by atoms with van der Waals surface area (Å²) in [5.74, 6) is -0.317. The van der Waals surface area contributed by atoms with Crippen molar-refractivity contribution in [2.45, 2.75) is 58.7 Å². The van der Waals surface area contributed by atoms with Gasteiger partial charge in [0.05, 0.1) is 17.8 Å². The summed E-state index contributed by atoms with van der Waals surface area (Å²) in [5.41, 5.74) is 0.719. The predicted octanol–water partition coefficient (Wildman–Crippen LogP) is 3.26. The van der Waals surface area contributed by atoms with Gasteiger partial charge in [0.1, 0.15) is 5.75 Å². The summed E-state index contributed by atoms with van der Waals surface area (Å²) in [7, 11) is -0.515. The van der Waals surface area contributed by atoms with Crippen LogP contribution in [0.15, 0.2) is 24.3 Å². The van der Waals surface area contributed by atoms with E-state index in [4.69, 9.17) is 19.2 Å². The highest BCUT2D eigenvalue weighted by Gasteiger charge is 2.52. The van der Waals surface area contributed by atoms with Crippen LogP contribution in [0.1, 0.15) is 53.0 Å². The van der Waals surface area contributed by atoms with Gasteiger partial charge in [-0.2, -0.15) is 0 Å². The fraction of sp³-hybridized carbons (Fsp3) is 0.526. The van der Waals surface area contributed by atoms with Crippen LogP contribution in [0, 0.1) is 0 Å². The van der Waals surface area contributed by atoms with Crippen molar-refractivity contribution >= 4 is 24.6 Å². The molecule has 6 heteroatoms. The zero-order valence-corrected chi connectivity index (χ0v) is 15.7. The predicted molar refractivity (Wildman–Crippen MR) is 99.2 cm³/mol. The Morgan fingerprint density at radius 1 is 1.24 bits per heavy atom. The monoisotopic (exact) mass is 346 g/mol. The van der Waals surface area contributed by atoms with E-state index in [0.717, 1.165) is 29.9 Å². The minimum absolute atomic E-state index is 0.430. The third-order valence-electron chi connectivity index (χ3n) is 4.72. The summed E-state index contributed by atoms with van der Waals surface area (Å²) >= 11 is 0. The highest BCUT2D eigenvalue weighted by Crippen LogP contribution is 2.37. The molecule has 2 rings (SSSR count). The van der Waals surface area contributed by atoms with Crippen LogP contribution in [-0.2, 0) is 14.1 Å². The number of hydrogen-bond acceptors (Lipinski definition) is 4. The maximum absolute atomic E-state index is 10.7. The van der Waals surface area contributed by atoms with Gasteiger partial charge in [-0.15, -0.1) is 0 Å². The Bertz CT molecular complexity index is 635. The number of carboxylic acid groups (broad SMARTS) is 1. The van der Waals surface area contributed by atoms with Crippen molar-refractivity contribution in [1.82, 2.24) is 0 Å². The third-order valence-corrected chi connectivity index (χ3v) is 4.72. The third kappa shape index (κ3) is 4.64. The van der Waals surface area contributed by atoms with E-state index >= 15 is 0 Å². The van der Waals surface area contributed by atoms with Crippen LogP contribution in [-0.4, -0.2) is 36.0 Å². The van der Waals surface area contributed by atoms with Crippen molar-refractivity contribution < 1.29 is 23.9 Å². The molecule has 1 aliphatic rings. The zero-order chi connectivity index (χ0) is 18.7. The second kappa shape index (κ2) is 7.62. The minimum atomic E-state index is -0.983. The van der Waals surface area contributed by atoms with Gasteiger partial charge in [0.15, 0.2) is 0 Å². The molecule has 5 nitrogen and oxygen atoms in total. The Labute approximate surface area is 150 Å². The van der Waals surface area contributed by atoms with E-state index in [2.05, 4.69) is 6.92 Å². The van der Waals surface area contributed by atoms with E-state index in [1.165, 1.54) is 0 Å². The van der Waals surface area contributed by atoms with Crippen molar-refractivity contribution in [3.63, 3.8) is 0 Å². The number of carbonyl (C=O) groups is 1. The molecule has 1 aromatic rings. The highest BCUT2D eigenvalue weighted by atomic mass is 16.7. The van der Waals surface area contributed by atoms with Crippen molar-refractivity contribution in [3.05, 3.63) is 29.8 Å². The molecule has 0 bridgehead atoms. The number of unbranched alkanes of at least 4 members (excludes halogenated alkanes) is 1. The lowest BCUT2D eigenvalue weighted by atomic mass is 9.78. The van der Waals surface area contributed by atoms with Gasteiger partial charge in [-0.25, -0.2) is 4.79 Å². The Kier molecular flexibility index (Phi) is 5.96. The van der Waals surface area contributed by atoms with Crippen molar-refractivity contribution in [2.24, 2.45) is 0 Å². The lowest BCUT2D eigenvalue weighted by Gasteiger charge is -2.32. The number of carboxylic acids is 1. The molecule has 0 unspecified atom stereocenters. The second-order valence-electron chi connectivity index (χ2n) is 7.26. The van der Waals surface area contributed by atoms with Crippen LogP contribution in [0.2, 0.25) is 0 Å². The second-order valence-corrected chi connectivity index (χ2v) is 7.26. The molecule has 1 fully saturated rings. The summed E-state index contributed by atoms with van der Waals surface area (Å²) in [6.45, 7) is 10.7. The Morgan fingerprint density at radius 3 is 2.44 bits per heavy atom. The molecule has 0 spiro atoms. The van der Waals surface area contributed by atoms with E-state index in [0.29, 0.717) is 12.4 Å². The molecule has 1 saturated heterocycles. The van der Waals surface area contributed by atoms with Crippen LogP contribution < -0.4 is 10.2 Å². The molecule has 0 aromatic heterocycles. The lowest BCUT2D eigenvalue weighted by molar-refractivity contribution is -0.131. The molecule has 0 atom stereocenters. The zero-order valence-electron chi connectivity index (χ0n) is 15.7. The standard InChI is InChI=1S/C19H27BO5/c1-6-7-12-23-16-13-14(9-11-17(21)22)8-10-15(16)20-24-18(2,3)19(4,5)25-20/h8-11,13H,6-7,12H2,1-5H3,(H,21,22)/b11-9+. The largest absolute Gasteiger partial charge is 0.498 e. The smallest absolute Gasteiger partial charge is 0.494 e. The molecular formula is C19H27BO5. The van der Waals surface area contributed by atoms with Gasteiger partial charge in [-0.05, 0) is 51.8 Å². The van der Waals surface area contributed by atoms with E-state index in [1.807, 2.05) is 45.9 Å². The summed E-state index contributed by atoms with van der Waals surface area (Å²) in [6, 6.07) is 5.55.